The van der Waals surface area contributed by atoms with E-state index in [9.17, 15) is 14.4 Å². The highest BCUT2D eigenvalue weighted by atomic mass is 33.1. The molecule has 1 unspecified atom stereocenters. The lowest BCUT2D eigenvalue weighted by Crippen LogP contribution is -2.36. The molecule has 0 aliphatic heterocycles. The zero-order valence-electron chi connectivity index (χ0n) is 16.6. The van der Waals surface area contributed by atoms with Crippen LogP contribution in [0.15, 0.2) is 0 Å². The van der Waals surface area contributed by atoms with Crippen LogP contribution in [-0.2, 0) is 23.9 Å². The molecule has 0 saturated heterocycles. The molecule has 0 aliphatic rings. The Balaban J connectivity index is 4.48. The summed E-state index contributed by atoms with van der Waals surface area (Å²) < 4.78 is 9.24. The minimum atomic E-state index is -0.825. The molecule has 0 amide bonds. The maximum Gasteiger partial charge on any atom is 0.322 e. The molecule has 158 valence electrons. The number of nitrogens with two attached hydrogens (primary N) is 2. The number of carbonyl (C=O) groups is 3. The van der Waals surface area contributed by atoms with Crippen LogP contribution in [0, 0.1) is 0 Å². The highest BCUT2D eigenvalue weighted by Crippen LogP contribution is 2.32. The first kappa shape index (κ1) is 26.2. The van der Waals surface area contributed by atoms with Crippen LogP contribution < -0.4 is 11.5 Å². The van der Waals surface area contributed by atoms with Gasteiger partial charge in [-0.15, -0.1) is 0 Å². The van der Waals surface area contributed by atoms with E-state index in [1.54, 1.807) is 0 Å². The van der Waals surface area contributed by atoms with Gasteiger partial charge in [-0.25, -0.2) is 0 Å². The quantitative estimate of drug-likeness (QED) is 0.219. The van der Waals surface area contributed by atoms with Crippen LogP contribution in [0.25, 0.3) is 0 Å². The first-order valence-corrected chi connectivity index (χ1v) is 11.7. The van der Waals surface area contributed by atoms with Gasteiger partial charge in [0, 0.05) is 12.2 Å². The third-order valence-corrected chi connectivity index (χ3v) is 6.89. The van der Waals surface area contributed by atoms with Gasteiger partial charge < -0.3 is 20.9 Å². The second-order valence-electron chi connectivity index (χ2n) is 6.32. The fourth-order valence-electron chi connectivity index (χ4n) is 2.34. The van der Waals surface area contributed by atoms with Crippen molar-refractivity contribution < 1.29 is 23.9 Å². The molecule has 7 nitrogen and oxygen atoms in total. The molecule has 0 fully saturated rings. The molecule has 0 rings (SSSR count). The largest absolute Gasteiger partial charge is 0.468 e. The number of carbonyl (C=O) groups excluding carboxylic acids is 3. The van der Waals surface area contributed by atoms with Crippen LogP contribution in [0.1, 0.15) is 58.3 Å². The van der Waals surface area contributed by atoms with Gasteiger partial charge in [-0.05, 0) is 19.3 Å². The van der Waals surface area contributed by atoms with E-state index in [1.165, 1.54) is 42.2 Å². The zero-order chi connectivity index (χ0) is 20.7. The van der Waals surface area contributed by atoms with E-state index in [0.717, 1.165) is 25.7 Å². The van der Waals surface area contributed by atoms with Crippen molar-refractivity contribution in [2.24, 2.45) is 11.5 Å². The van der Waals surface area contributed by atoms with E-state index in [2.05, 4.69) is 16.4 Å². The lowest BCUT2D eigenvalue weighted by atomic mass is 10.0. The summed E-state index contributed by atoms with van der Waals surface area (Å²) in [6.07, 6.45) is 6.51. The number of ketones is 1. The molecule has 3 atom stereocenters. The predicted octanol–water partition coefficient (Wildman–Crippen LogP) is 2.45. The van der Waals surface area contributed by atoms with Crippen molar-refractivity contribution >= 4 is 39.3 Å². The van der Waals surface area contributed by atoms with Crippen molar-refractivity contribution in [3.63, 3.8) is 0 Å². The van der Waals surface area contributed by atoms with Crippen LogP contribution in [0.3, 0.4) is 0 Å². The van der Waals surface area contributed by atoms with Crippen LogP contribution in [0.4, 0.5) is 0 Å². The van der Waals surface area contributed by atoms with Crippen molar-refractivity contribution in [3.05, 3.63) is 0 Å². The van der Waals surface area contributed by atoms with Crippen molar-refractivity contribution in [2.75, 3.05) is 20.0 Å². The van der Waals surface area contributed by atoms with Gasteiger partial charge in [0.05, 0.1) is 19.5 Å². The van der Waals surface area contributed by atoms with E-state index in [0.29, 0.717) is 18.6 Å². The third kappa shape index (κ3) is 12.3. The molecule has 9 heteroatoms. The van der Waals surface area contributed by atoms with Crippen molar-refractivity contribution in [3.8, 4) is 0 Å². The van der Waals surface area contributed by atoms with E-state index in [1.807, 2.05) is 0 Å². The van der Waals surface area contributed by atoms with Gasteiger partial charge in [0.2, 0.25) is 0 Å². The molecule has 0 spiro atoms. The molecule has 0 aromatic carbocycles. The number of hydrogen-bond acceptors (Lipinski definition) is 9. The number of methoxy groups -OCH3 is 2. The van der Waals surface area contributed by atoms with E-state index < -0.39 is 24.0 Å². The highest BCUT2D eigenvalue weighted by molar-refractivity contribution is 8.77. The van der Waals surface area contributed by atoms with Crippen LogP contribution in [0.5, 0.6) is 0 Å². The Labute approximate surface area is 170 Å². The summed E-state index contributed by atoms with van der Waals surface area (Å²) in [5.41, 5.74) is 11.5. The summed E-state index contributed by atoms with van der Waals surface area (Å²) in [4.78, 5) is 35.5. The predicted molar refractivity (Wildman–Crippen MR) is 111 cm³/mol. The summed E-state index contributed by atoms with van der Waals surface area (Å²) in [5.74, 6) is -0.281. The molecule has 4 N–H and O–H groups in total. The van der Waals surface area contributed by atoms with Gasteiger partial charge in [-0.3, -0.25) is 14.4 Å². The highest BCUT2D eigenvalue weighted by Gasteiger charge is 2.26. The molecule has 0 aromatic heterocycles. The Kier molecular flexibility index (Phi) is 15.7. The normalized spacial score (nSPS) is 14.3. The molecular formula is C18H34N2O5S2. The molecule has 0 aromatic rings. The summed E-state index contributed by atoms with van der Waals surface area (Å²) in [7, 11) is 5.42. The maximum atomic E-state index is 12.6. The molecule has 27 heavy (non-hydrogen) atoms. The first-order chi connectivity index (χ1) is 12.9. The van der Waals surface area contributed by atoms with Crippen LogP contribution >= 0.6 is 21.6 Å². The van der Waals surface area contributed by atoms with Crippen LogP contribution in [0.2, 0.25) is 0 Å². The Bertz CT molecular complexity index is 451. The molecule has 0 saturated carbocycles. The van der Waals surface area contributed by atoms with E-state index in [-0.39, 0.29) is 17.5 Å². The van der Waals surface area contributed by atoms with Gasteiger partial charge in [-0.1, -0.05) is 54.2 Å². The standard InChI is InChI=1S/C18H34N2O5S2/c1-4-5-6-7-8-9-15(21)16(12-14(20)18(23)25-3)27-26-11-10-13(19)17(22)24-2/h13-14,16H,4-12,19-20H2,1-3H3/t13-,14-,16?/m0/s1. The summed E-state index contributed by atoms with van der Waals surface area (Å²) in [6, 6.07) is -1.50. The van der Waals surface area contributed by atoms with Crippen molar-refractivity contribution in [1.82, 2.24) is 0 Å². The number of Topliss-reactive ketones (excluding diaryl/α,β-unsaturated/α-hetero) is 1. The number of hydrogen-bond donors (Lipinski definition) is 2. The lowest BCUT2D eigenvalue weighted by molar-refractivity contribution is -0.143. The molecular weight excluding hydrogens is 388 g/mol. The molecule has 0 aliphatic carbocycles. The Hall–Kier alpha value is -0.770. The van der Waals surface area contributed by atoms with E-state index >= 15 is 0 Å². The fraction of sp³-hybridized carbons (Fsp3) is 0.833. The number of rotatable bonds is 16. The average Bonchev–Trinajstić information content (AvgIpc) is 2.67. The third-order valence-electron chi connectivity index (χ3n) is 4.06. The van der Waals surface area contributed by atoms with E-state index in [4.69, 9.17) is 11.5 Å². The number of ether oxygens (including phenoxy) is 2. The van der Waals surface area contributed by atoms with Gasteiger partial charge in [0.1, 0.15) is 17.9 Å². The second-order valence-corrected chi connectivity index (χ2v) is 9.01. The molecule has 0 heterocycles. The van der Waals surface area contributed by atoms with Crippen molar-refractivity contribution in [1.29, 1.82) is 0 Å². The monoisotopic (exact) mass is 422 g/mol. The Morgan fingerprint density at radius 2 is 1.52 bits per heavy atom. The van der Waals surface area contributed by atoms with Gasteiger partial charge in [0.25, 0.3) is 0 Å². The topological polar surface area (TPSA) is 122 Å². The summed E-state index contributed by atoms with van der Waals surface area (Å²) in [5, 5.41) is -0.385. The fourth-order valence-corrected chi connectivity index (χ4v) is 5.09. The Morgan fingerprint density at radius 1 is 0.926 bits per heavy atom. The SMILES string of the molecule is CCCCCCCC(=O)C(C[C@H](N)C(=O)OC)SSCC[C@H](N)C(=O)OC. The molecule has 0 radical (unpaired) electrons. The first-order valence-electron chi connectivity index (χ1n) is 9.35. The Morgan fingerprint density at radius 3 is 2.11 bits per heavy atom. The lowest BCUT2D eigenvalue weighted by Gasteiger charge is -2.18. The second kappa shape index (κ2) is 16.2. The minimum Gasteiger partial charge on any atom is -0.468 e. The summed E-state index contributed by atoms with van der Waals surface area (Å²) in [6.45, 7) is 2.15. The smallest absolute Gasteiger partial charge is 0.322 e. The minimum absolute atomic E-state index is 0.0978. The van der Waals surface area contributed by atoms with Gasteiger partial charge in [0.15, 0.2) is 0 Å². The van der Waals surface area contributed by atoms with Gasteiger partial charge in [-0.2, -0.15) is 0 Å². The van der Waals surface area contributed by atoms with Gasteiger partial charge >= 0.3 is 11.9 Å². The summed E-state index contributed by atoms with van der Waals surface area (Å²) >= 11 is 0. The zero-order valence-corrected chi connectivity index (χ0v) is 18.2. The maximum absolute atomic E-state index is 12.6. The number of unbranched alkanes of at least 4 members (excludes halogenated alkanes) is 4. The van der Waals surface area contributed by atoms with Crippen LogP contribution in [-0.4, -0.2) is 55.0 Å². The average molecular weight is 423 g/mol. The van der Waals surface area contributed by atoms with Crippen molar-refractivity contribution in [2.45, 2.75) is 75.6 Å². The molecule has 0 bridgehead atoms. The number of esters is 2.